The first-order chi connectivity index (χ1) is 20.9. The van der Waals surface area contributed by atoms with E-state index in [2.05, 4.69) is 0 Å². The van der Waals surface area contributed by atoms with Crippen molar-refractivity contribution >= 4 is 40.8 Å². The average molecular weight is 595 g/mol. The fraction of sp³-hybridized carbons (Fsp3) is 0.229. The Morgan fingerprint density at radius 3 is 2.12 bits per heavy atom. The number of methoxy groups -OCH3 is 1. The van der Waals surface area contributed by atoms with Gasteiger partial charge in [0.25, 0.3) is 0 Å². The maximum absolute atomic E-state index is 15.3. The number of anilines is 2. The molecule has 8 heteroatoms. The number of nitrogens with zero attached hydrogens (tertiary/aromatic N) is 2. The average Bonchev–Trinajstić information content (AvgIpc) is 3.48. The van der Waals surface area contributed by atoms with Crippen LogP contribution in [0.2, 0.25) is 5.02 Å². The van der Waals surface area contributed by atoms with Crippen molar-refractivity contribution < 1.29 is 23.9 Å². The lowest BCUT2D eigenvalue weighted by molar-refractivity contribution is -0.157. The van der Waals surface area contributed by atoms with Gasteiger partial charge in [-0.25, -0.2) is 4.79 Å². The molecule has 2 aliphatic rings. The van der Waals surface area contributed by atoms with Gasteiger partial charge >= 0.3 is 11.9 Å². The smallest absolute Gasteiger partial charge is 0.329 e. The summed E-state index contributed by atoms with van der Waals surface area (Å²) in [5.41, 5.74) is 1.95. The number of carbonyl (C=O) groups excluding carboxylic acids is 3. The van der Waals surface area contributed by atoms with Gasteiger partial charge in [0, 0.05) is 16.4 Å². The first-order valence-electron chi connectivity index (χ1n) is 14.2. The number of amides is 1. The highest BCUT2D eigenvalue weighted by Gasteiger charge is 2.73. The predicted octanol–water partition coefficient (Wildman–Crippen LogP) is 6.11. The second-order valence-corrected chi connectivity index (χ2v) is 11.1. The fourth-order valence-electron chi connectivity index (χ4n) is 6.86. The van der Waals surface area contributed by atoms with Crippen LogP contribution in [0, 0.1) is 5.92 Å². The lowest BCUT2D eigenvalue weighted by Gasteiger charge is -2.37. The summed E-state index contributed by atoms with van der Waals surface area (Å²) >= 11 is 6.65. The summed E-state index contributed by atoms with van der Waals surface area (Å²) in [6.07, 6.45) is 0. The zero-order valence-electron chi connectivity index (χ0n) is 23.9. The molecule has 43 heavy (non-hydrogen) atoms. The zero-order valence-corrected chi connectivity index (χ0v) is 24.6. The summed E-state index contributed by atoms with van der Waals surface area (Å²) in [7, 11) is 1.28. The molecular weight excluding hydrogens is 564 g/mol. The van der Waals surface area contributed by atoms with Crippen LogP contribution in [0.25, 0.3) is 0 Å². The summed E-state index contributed by atoms with van der Waals surface area (Å²) in [5.74, 6) is -2.87. The van der Waals surface area contributed by atoms with E-state index in [4.69, 9.17) is 21.1 Å². The number of hydrogen-bond donors (Lipinski definition) is 0. The number of rotatable bonds is 7. The van der Waals surface area contributed by atoms with Crippen molar-refractivity contribution in [2.24, 2.45) is 5.92 Å². The third-order valence-corrected chi connectivity index (χ3v) is 8.68. The molecule has 2 aliphatic heterocycles. The molecule has 4 aromatic rings. The Morgan fingerprint density at radius 1 is 0.860 bits per heavy atom. The van der Waals surface area contributed by atoms with Crippen molar-refractivity contribution in [3.8, 4) is 0 Å². The maximum Gasteiger partial charge on any atom is 0.329 e. The first-order valence-corrected chi connectivity index (χ1v) is 14.6. The lowest BCUT2D eigenvalue weighted by Crippen LogP contribution is -2.51. The Hall–Kier alpha value is -4.62. The Morgan fingerprint density at radius 2 is 1.49 bits per heavy atom. The minimum absolute atomic E-state index is 0.103. The van der Waals surface area contributed by atoms with E-state index in [-0.39, 0.29) is 19.1 Å². The number of benzene rings is 4. The number of halogens is 1. The van der Waals surface area contributed by atoms with Crippen LogP contribution in [0.15, 0.2) is 109 Å². The molecule has 6 rings (SSSR count). The number of ether oxygens (including phenoxy) is 2. The van der Waals surface area contributed by atoms with Crippen LogP contribution in [-0.4, -0.2) is 37.6 Å². The van der Waals surface area contributed by atoms with E-state index in [1.807, 2.05) is 102 Å². The van der Waals surface area contributed by atoms with Gasteiger partial charge in [-0.2, -0.15) is 0 Å². The Balaban J connectivity index is 1.70. The third kappa shape index (κ3) is 4.55. The second kappa shape index (κ2) is 11.6. The maximum atomic E-state index is 15.3. The molecule has 7 nitrogen and oxygen atoms in total. The molecule has 1 amide bonds. The third-order valence-electron chi connectivity index (χ3n) is 8.45. The van der Waals surface area contributed by atoms with E-state index in [9.17, 15) is 9.59 Å². The molecule has 0 bridgehead atoms. The summed E-state index contributed by atoms with van der Waals surface area (Å²) in [5, 5.41) is 0.411. The standard InChI is InChI=1S/C35H31ClN2O5/c1-3-43-33(40)30-29(32(39)42-2)35(31(24-15-9-5-10-16-24)38(30)26-17-11-6-12-18-26)27-21-25(36)19-20-28(27)37(34(35)41)22-23-13-7-4-8-14-23/h4-21,29-31H,3,22H2,1-2H3/t29-,30-,31+,35+/m0/s1. The summed E-state index contributed by atoms with van der Waals surface area (Å²) < 4.78 is 11.0. The number of hydrogen-bond acceptors (Lipinski definition) is 6. The van der Waals surface area contributed by atoms with E-state index < -0.39 is 35.4 Å². The molecule has 4 atom stereocenters. The molecule has 0 unspecified atom stereocenters. The van der Waals surface area contributed by atoms with Gasteiger partial charge in [-0.1, -0.05) is 90.5 Å². The molecule has 0 radical (unpaired) electrons. The van der Waals surface area contributed by atoms with Crippen LogP contribution in [0.3, 0.4) is 0 Å². The van der Waals surface area contributed by atoms with Crippen molar-refractivity contribution in [2.75, 3.05) is 23.5 Å². The van der Waals surface area contributed by atoms with Crippen molar-refractivity contribution in [3.05, 3.63) is 131 Å². The van der Waals surface area contributed by atoms with Gasteiger partial charge in [-0.3, -0.25) is 9.59 Å². The van der Waals surface area contributed by atoms with Crippen LogP contribution < -0.4 is 9.80 Å². The number of carbonyl (C=O) groups is 3. The van der Waals surface area contributed by atoms with Gasteiger partial charge in [0.15, 0.2) is 0 Å². The predicted molar refractivity (Wildman–Crippen MR) is 165 cm³/mol. The topological polar surface area (TPSA) is 76.2 Å². The highest BCUT2D eigenvalue weighted by Crippen LogP contribution is 2.63. The van der Waals surface area contributed by atoms with Gasteiger partial charge < -0.3 is 19.3 Å². The van der Waals surface area contributed by atoms with Crippen molar-refractivity contribution in [1.29, 1.82) is 0 Å². The van der Waals surface area contributed by atoms with Crippen LogP contribution in [0.1, 0.15) is 29.7 Å². The molecule has 0 saturated carbocycles. The normalized spacial score (nSPS) is 22.5. The zero-order chi connectivity index (χ0) is 30.1. The number of fused-ring (bicyclic) bond motifs is 2. The lowest BCUT2D eigenvalue weighted by atomic mass is 9.65. The van der Waals surface area contributed by atoms with Gasteiger partial charge in [-0.05, 0) is 53.9 Å². The molecule has 0 aromatic heterocycles. The molecular formula is C35H31ClN2O5. The summed E-state index contributed by atoms with van der Waals surface area (Å²) in [6.45, 7) is 2.08. The van der Waals surface area contributed by atoms with E-state index >= 15 is 4.79 Å². The Labute approximate surface area is 255 Å². The van der Waals surface area contributed by atoms with Crippen molar-refractivity contribution in [2.45, 2.75) is 31.0 Å². The molecule has 1 fully saturated rings. The van der Waals surface area contributed by atoms with Gasteiger partial charge in [0.05, 0.1) is 26.3 Å². The van der Waals surface area contributed by atoms with Gasteiger partial charge in [0.2, 0.25) is 5.91 Å². The monoisotopic (exact) mass is 594 g/mol. The SMILES string of the molecule is CCOC(=O)[C@@H]1[C@@H](C(=O)OC)[C@@]2(C(=O)N(Cc3ccccc3)c3ccc(Cl)cc32)[C@@H](c2ccccc2)N1c1ccccc1. The van der Waals surface area contributed by atoms with E-state index in [1.54, 1.807) is 24.0 Å². The quantitative estimate of drug-likeness (QED) is 0.240. The summed E-state index contributed by atoms with van der Waals surface area (Å²) in [6, 6.07) is 31.8. The van der Waals surface area contributed by atoms with Crippen LogP contribution in [0.4, 0.5) is 11.4 Å². The summed E-state index contributed by atoms with van der Waals surface area (Å²) in [4.78, 5) is 47.0. The number of esters is 2. The Kier molecular flexibility index (Phi) is 7.67. The fourth-order valence-corrected chi connectivity index (χ4v) is 7.03. The van der Waals surface area contributed by atoms with Crippen LogP contribution in [0.5, 0.6) is 0 Å². The minimum atomic E-state index is -1.59. The van der Waals surface area contributed by atoms with E-state index in [0.29, 0.717) is 22.0 Å². The molecule has 4 aromatic carbocycles. The molecule has 2 heterocycles. The Bertz CT molecular complexity index is 1650. The van der Waals surface area contributed by atoms with E-state index in [0.717, 1.165) is 11.1 Å². The highest BCUT2D eigenvalue weighted by atomic mass is 35.5. The molecule has 0 N–H and O–H groups in total. The largest absolute Gasteiger partial charge is 0.469 e. The molecule has 1 spiro atoms. The highest BCUT2D eigenvalue weighted by molar-refractivity contribution is 6.31. The van der Waals surface area contributed by atoms with E-state index in [1.165, 1.54) is 7.11 Å². The second-order valence-electron chi connectivity index (χ2n) is 10.7. The molecule has 218 valence electrons. The van der Waals surface area contributed by atoms with Gasteiger partial charge in [-0.15, -0.1) is 0 Å². The molecule has 0 aliphatic carbocycles. The van der Waals surface area contributed by atoms with Crippen LogP contribution in [-0.2, 0) is 35.8 Å². The first kappa shape index (κ1) is 28.5. The van der Waals surface area contributed by atoms with Crippen molar-refractivity contribution in [3.63, 3.8) is 0 Å². The van der Waals surface area contributed by atoms with Crippen molar-refractivity contribution in [1.82, 2.24) is 0 Å². The number of para-hydroxylation sites is 1. The molecule has 1 saturated heterocycles. The van der Waals surface area contributed by atoms with Crippen LogP contribution >= 0.6 is 11.6 Å². The van der Waals surface area contributed by atoms with Gasteiger partial charge in [0.1, 0.15) is 17.4 Å². The minimum Gasteiger partial charge on any atom is -0.469 e.